The highest BCUT2D eigenvalue weighted by atomic mass is 14.7. The van der Waals surface area contributed by atoms with E-state index in [1.165, 1.54) is 65.7 Å². The first-order valence-corrected chi connectivity index (χ1v) is 17.3. The zero-order valence-corrected chi connectivity index (χ0v) is 28.3. The number of hydrogen-bond donors (Lipinski definition) is 0. The molecule has 0 spiro atoms. The van der Waals surface area contributed by atoms with Crippen molar-refractivity contribution in [3.8, 4) is 44.6 Å². The van der Waals surface area contributed by atoms with Crippen LogP contribution in [-0.4, -0.2) is 9.97 Å². The third-order valence-corrected chi connectivity index (χ3v) is 10.0. The van der Waals surface area contributed by atoms with Crippen molar-refractivity contribution in [1.82, 2.24) is 9.97 Å². The van der Waals surface area contributed by atoms with E-state index < -0.39 is 0 Å². The van der Waals surface area contributed by atoms with Gasteiger partial charge in [0.15, 0.2) is 0 Å². The van der Waals surface area contributed by atoms with Gasteiger partial charge in [0.1, 0.15) is 0 Å². The first-order chi connectivity index (χ1) is 25.1. The number of allylic oxidation sites excluding steroid dienone is 2. The molecule has 0 aliphatic rings. The molecule has 0 atom stereocenters. The molecule has 2 nitrogen and oxygen atoms in total. The lowest BCUT2D eigenvalue weighted by molar-refractivity contribution is 1.31. The van der Waals surface area contributed by atoms with E-state index in [0.29, 0.717) is 0 Å². The highest BCUT2D eigenvalue weighted by Crippen LogP contribution is 2.45. The van der Waals surface area contributed by atoms with Gasteiger partial charge in [-0.3, -0.25) is 9.97 Å². The summed E-state index contributed by atoms with van der Waals surface area (Å²) < 4.78 is 0. The van der Waals surface area contributed by atoms with Crippen LogP contribution in [0.4, 0.5) is 0 Å². The zero-order valence-electron chi connectivity index (χ0n) is 28.3. The Hall–Kier alpha value is -6.64. The molecule has 2 aromatic heterocycles. The van der Waals surface area contributed by atoms with Crippen molar-refractivity contribution in [2.24, 2.45) is 0 Å². The van der Waals surface area contributed by atoms with Crippen molar-refractivity contribution >= 4 is 49.3 Å². The number of nitrogens with zero attached hydrogens (tertiary/aromatic N) is 2. The van der Waals surface area contributed by atoms with E-state index in [9.17, 15) is 0 Å². The number of rotatable bonds is 6. The van der Waals surface area contributed by atoms with Crippen LogP contribution in [0.3, 0.4) is 0 Å². The zero-order chi connectivity index (χ0) is 34.3. The van der Waals surface area contributed by atoms with Crippen molar-refractivity contribution in [3.63, 3.8) is 0 Å². The maximum absolute atomic E-state index is 4.93. The van der Waals surface area contributed by atoms with Crippen molar-refractivity contribution in [2.75, 3.05) is 0 Å². The molecule has 240 valence electrons. The summed E-state index contributed by atoms with van der Waals surface area (Å²) in [5.74, 6) is 0. The fourth-order valence-electron chi connectivity index (χ4n) is 7.42. The molecule has 0 saturated heterocycles. The van der Waals surface area contributed by atoms with Crippen LogP contribution in [0.5, 0.6) is 0 Å². The van der Waals surface area contributed by atoms with Gasteiger partial charge in [-0.25, -0.2) is 0 Å². The number of fused-ring (bicyclic) bond motifs is 4. The summed E-state index contributed by atoms with van der Waals surface area (Å²) >= 11 is 0. The average molecular weight is 651 g/mol. The van der Waals surface area contributed by atoms with Crippen LogP contribution in [0, 0.1) is 6.92 Å². The van der Waals surface area contributed by atoms with Crippen molar-refractivity contribution in [3.05, 3.63) is 188 Å². The fourth-order valence-corrected chi connectivity index (χ4v) is 7.42. The topological polar surface area (TPSA) is 25.8 Å². The maximum Gasteiger partial charge on any atom is 0.0718 e. The van der Waals surface area contributed by atoms with Crippen LogP contribution in [0.1, 0.15) is 11.1 Å². The molecule has 0 aliphatic carbocycles. The minimum absolute atomic E-state index is 0.906. The minimum Gasteiger partial charge on any atom is -0.256 e. The van der Waals surface area contributed by atoms with Gasteiger partial charge < -0.3 is 0 Å². The lowest BCUT2D eigenvalue weighted by atomic mass is 9.84. The predicted octanol–water partition coefficient (Wildman–Crippen LogP) is 13.3. The predicted molar refractivity (Wildman–Crippen MR) is 218 cm³/mol. The summed E-state index contributed by atoms with van der Waals surface area (Å²) in [4.78, 5) is 9.60. The molecular weight excluding hydrogens is 617 g/mol. The van der Waals surface area contributed by atoms with Crippen molar-refractivity contribution in [1.29, 1.82) is 0 Å². The number of aryl methyl sites for hydroxylation is 1. The van der Waals surface area contributed by atoms with E-state index in [0.717, 1.165) is 33.3 Å². The number of para-hydroxylation sites is 1. The van der Waals surface area contributed by atoms with Gasteiger partial charge in [-0.15, -0.1) is 0 Å². The Morgan fingerprint density at radius 1 is 0.471 bits per heavy atom. The number of aromatic nitrogens is 2. The van der Waals surface area contributed by atoms with Gasteiger partial charge in [-0.1, -0.05) is 134 Å². The van der Waals surface area contributed by atoms with E-state index >= 15 is 0 Å². The number of hydrogen-bond acceptors (Lipinski definition) is 2. The molecule has 0 fully saturated rings. The second-order valence-electron chi connectivity index (χ2n) is 13.1. The van der Waals surface area contributed by atoms with E-state index in [4.69, 9.17) is 4.98 Å². The summed E-state index contributed by atoms with van der Waals surface area (Å²) in [7, 11) is 0. The molecule has 51 heavy (non-hydrogen) atoms. The third-order valence-electron chi connectivity index (χ3n) is 10.0. The molecule has 2 heteroatoms. The lowest BCUT2D eigenvalue weighted by Gasteiger charge is -2.19. The molecule has 0 amide bonds. The molecule has 9 aromatic rings. The van der Waals surface area contributed by atoms with Crippen LogP contribution in [0.2, 0.25) is 0 Å². The number of pyridine rings is 2. The van der Waals surface area contributed by atoms with Crippen molar-refractivity contribution < 1.29 is 0 Å². The molecular formula is C49H34N2. The van der Waals surface area contributed by atoms with Gasteiger partial charge in [0, 0.05) is 28.9 Å². The van der Waals surface area contributed by atoms with E-state index in [-0.39, 0.29) is 0 Å². The molecule has 0 unspecified atom stereocenters. The second kappa shape index (κ2) is 12.7. The Morgan fingerprint density at radius 3 is 1.90 bits per heavy atom. The van der Waals surface area contributed by atoms with Gasteiger partial charge in [0.05, 0.1) is 11.2 Å². The molecule has 0 N–H and O–H groups in total. The molecule has 0 bridgehead atoms. The molecule has 2 heterocycles. The fraction of sp³-hybridized carbons (Fsp3) is 0.0204. The Morgan fingerprint density at radius 2 is 1.10 bits per heavy atom. The highest BCUT2D eigenvalue weighted by Gasteiger charge is 2.18. The summed E-state index contributed by atoms with van der Waals surface area (Å²) in [6.45, 7) is 6.06. The van der Waals surface area contributed by atoms with Crippen LogP contribution >= 0.6 is 0 Å². The number of benzene rings is 7. The molecule has 0 aliphatic heterocycles. The van der Waals surface area contributed by atoms with Crippen LogP contribution < -0.4 is 0 Å². The molecule has 0 saturated carbocycles. The van der Waals surface area contributed by atoms with Crippen LogP contribution in [0.25, 0.3) is 93.9 Å². The largest absolute Gasteiger partial charge is 0.256 e. The standard InChI is InChI=1S/C49H34N2/c1-3-4-11-34-26-38(19-18-32(34)2)48-42-15-8-9-16-43(42)49(39-21-20-33-12-5-6-13-35(33)27-39)45-29-36(22-24-44(45)48)40-23-25-47(50-30-40)41-28-37-14-7-10-17-46(37)51-31-41/h3-31H,1H2,2H3/b11-4-. The van der Waals surface area contributed by atoms with Crippen molar-refractivity contribution in [2.45, 2.75) is 6.92 Å². The molecule has 0 radical (unpaired) electrons. The van der Waals surface area contributed by atoms with Gasteiger partial charge >= 0.3 is 0 Å². The van der Waals surface area contributed by atoms with E-state index in [1.54, 1.807) is 0 Å². The summed E-state index contributed by atoms with van der Waals surface area (Å²) in [5, 5.41) is 8.47. The summed E-state index contributed by atoms with van der Waals surface area (Å²) in [6, 6.07) is 52.6. The van der Waals surface area contributed by atoms with Gasteiger partial charge in [-0.05, 0) is 115 Å². The van der Waals surface area contributed by atoms with E-state index in [1.807, 2.05) is 42.7 Å². The normalized spacial score (nSPS) is 11.6. The maximum atomic E-state index is 4.93. The summed E-state index contributed by atoms with van der Waals surface area (Å²) in [5.41, 5.74) is 12.4. The van der Waals surface area contributed by atoms with Crippen LogP contribution in [0.15, 0.2) is 177 Å². The monoisotopic (exact) mass is 650 g/mol. The Bertz CT molecular complexity index is 2820. The van der Waals surface area contributed by atoms with Gasteiger partial charge in [0.2, 0.25) is 0 Å². The Labute approximate surface area is 297 Å². The average Bonchev–Trinajstić information content (AvgIpc) is 3.19. The first-order valence-electron chi connectivity index (χ1n) is 17.3. The van der Waals surface area contributed by atoms with Gasteiger partial charge in [-0.2, -0.15) is 0 Å². The second-order valence-corrected chi connectivity index (χ2v) is 13.1. The van der Waals surface area contributed by atoms with E-state index in [2.05, 4.69) is 152 Å². The SMILES string of the molecule is C=C/C=C\c1cc(-c2c3ccccc3c(-c3ccc4ccccc4c3)c3cc(-c4ccc(-c5cnc6ccccc6c5)nc4)ccc23)ccc1C. The lowest BCUT2D eigenvalue weighted by Crippen LogP contribution is -1.93. The quantitative estimate of drug-likeness (QED) is 0.132. The molecule has 7 aromatic carbocycles. The minimum atomic E-state index is 0.906. The van der Waals surface area contributed by atoms with Crippen LogP contribution in [-0.2, 0) is 0 Å². The molecule has 9 rings (SSSR count). The smallest absolute Gasteiger partial charge is 0.0718 e. The summed E-state index contributed by atoms with van der Waals surface area (Å²) in [6.07, 6.45) is 9.88. The third kappa shape index (κ3) is 5.48. The Kier molecular flexibility index (Phi) is 7.56. The first kappa shape index (κ1) is 30.4. The Balaban J connectivity index is 1.27. The van der Waals surface area contributed by atoms with Gasteiger partial charge in [0.25, 0.3) is 0 Å². The highest BCUT2D eigenvalue weighted by molar-refractivity contribution is 6.22.